The van der Waals surface area contributed by atoms with E-state index >= 15 is 0 Å². The van der Waals surface area contributed by atoms with Gasteiger partial charge < -0.3 is 15.4 Å². The van der Waals surface area contributed by atoms with Crippen LogP contribution < -0.4 is 15.4 Å². The van der Waals surface area contributed by atoms with Crippen LogP contribution in [0.15, 0.2) is 24.5 Å². The second kappa shape index (κ2) is 7.08. The molecule has 1 aromatic carbocycles. The molecule has 1 atom stereocenters. The highest BCUT2D eigenvalue weighted by Gasteiger charge is 2.29. The number of anilines is 1. The molecule has 0 unspecified atom stereocenters. The number of nitrogens with one attached hydrogen (secondary N) is 2. The van der Waals surface area contributed by atoms with E-state index in [-0.39, 0.29) is 29.9 Å². The van der Waals surface area contributed by atoms with Crippen molar-refractivity contribution < 1.29 is 23.1 Å². The van der Waals surface area contributed by atoms with E-state index < -0.39 is 29.5 Å². The normalized spacial score (nSPS) is 16.2. The summed E-state index contributed by atoms with van der Waals surface area (Å²) in [5.74, 6) is -3.57. The number of carbonyl (C=O) groups excluding carboxylic acids is 2. The van der Waals surface area contributed by atoms with Crippen LogP contribution in [0.2, 0.25) is 0 Å². The van der Waals surface area contributed by atoms with Crippen LogP contribution in [0.3, 0.4) is 0 Å². The number of hydrogen-bond donors (Lipinski definition) is 2. The Labute approximate surface area is 163 Å². The minimum absolute atomic E-state index is 0.0214. The molecule has 4 rings (SSSR count). The van der Waals surface area contributed by atoms with Crippen LogP contribution in [0, 0.1) is 11.6 Å². The largest absolute Gasteiger partial charge is 0.488 e. The minimum Gasteiger partial charge on any atom is -0.488 e. The fourth-order valence-corrected chi connectivity index (χ4v) is 2.90. The summed E-state index contributed by atoms with van der Waals surface area (Å²) in [6.07, 6.45) is 3.05. The number of aromatic nitrogens is 4. The predicted molar refractivity (Wildman–Crippen MR) is 97.4 cm³/mol. The third-order valence-corrected chi connectivity index (χ3v) is 4.32. The lowest BCUT2D eigenvalue weighted by Gasteiger charge is -2.14. The first-order valence-electron chi connectivity index (χ1n) is 8.77. The Bertz CT molecular complexity index is 1130. The maximum absolute atomic E-state index is 13.9. The van der Waals surface area contributed by atoms with Crippen LogP contribution in [0.4, 0.5) is 14.5 Å². The van der Waals surface area contributed by atoms with Gasteiger partial charge in [0.25, 0.3) is 11.8 Å². The van der Waals surface area contributed by atoms with Crippen molar-refractivity contribution in [1.29, 1.82) is 0 Å². The number of halogens is 2. The zero-order chi connectivity index (χ0) is 20.7. The Balaban J connectivity index is 1.56. The fraction of sp³-hybridized carbons (Fsp3) is 0.278. The Morgan fingerprint density at radius 1 is 1.34 bits per heavy atom. The topological polar surface area (TPSA) is 111 Å². The number of carbonyl (C=O) groups is 2. The van der Waals surface area contributed by atoms with Gasteiger partial charge in [-0.3, -0.25) is 9.59 Å². The van der Waals surface area contributed by atoms with E-state index in [2.05, 4.69) is 25.7 Å². The standard InChI is InChI=1S/C18H16F2N6O3/c1-8(2)26-16-9(6-22-26)5-21-15(25-16)18(28)23-12-7-29-13-4-10(19)3-11(20)14(13)24-17(12)27/h3-6,8,12H,7H2,1-2H3,(H,23,28)(H,24,27)/t12-/m0/s1. The molecule has 2 amide bonds. The molecule has 1 aliphatic rings. The average molecular weight is 402 g/mol. The monoisotopic (exact) mass is 402 g/mol. The number of ether oxygens (including phenoxy) is 1. The van der Waals surface area contributed by atoms with E-state index in [1.54, 1.807) is 10.9 Å². The predicted octanol–water partition coefficient (Wildman–Crippen LogP) is 1.81. The molecular formula is C18H16F2N6O3. The third kappa shape index (κ3) is 3.46. The second-order valence-corrected chi connectivity index (χ2v) is 6.74. The van der Waals surface area contributed by atoms with Gasteiger partial charge >= 0.3 is 0 Å². The number of nitrogens with zero attached hydrogens (tertiary/aromatic N) is 4. The van der Waals surface area contributed by atoms with Crippen molar-refractivity contribution in [3.63, 3.8) is 0 Å². The zero-order valence-corrected chi connectivity index (χ0v) is 15.4. The minimum atomic E-state index is -1.16. The van der Waals surface area contributed by atoms with Crippen molar-refractivity contribution >= 4 is 28.5 Å². The molecule has 11 heteroatoms. The van der Waals surface area contributed by atoms with E-state index in [0.717, 1.165) is 6.07 Å². The fourth-order valence-electron chi connectivity index (χ4n) is 2.90. The van der Waals surface area contributed by atoms with Gasteiger partial charge in [0.15, 0.2) is 11.5 Å². The summed E-state index contributed by atoms with van der Waals surface area (Å²) in [5, 5.41) is 9.62. The van der Waals surface area contributed by atoms with Crippen LogP contribution in [-0.2, 0) is 4.79 Å². The van der Waals surface area contributed by atoms with Crippen molar-refractivity contribution in [3.05, 3.63) is 42.0 Å². The van der Waals surface area contributed by atoms with Crippen molar-refractivity contribution in [2.75, 3.05) is 11.9 Å². The summed E-state index contributed by atoms with van der Waals surface area (Å²) in [7, 11) is 0. The van der Waals surface area contributed by atoms with Gasteiger partial charge in [0.1, 0.15) is 29.9 Å². The average Bonchev–Trinajstić information content (AvgIpc) is 3.03. The molecule has 0 aliphatic carbocycles. The van der Waals surface area contributed by atoms with Gasteiger partial charge in [-0.1, -0.05) is 0 Å². The Hall–Kier alpha value is -3.63. The Kier molecular flexibility index (Phi) is 4.57. The number of hydrogen-bond acceptors (Lipinski definition) is 6. The van der Waals surface area contributed by atoms with E-state index in [1.807, 2.05) is 13.8 Å². The first-order chi connectivity index (χ1) is 13.8. The van der Waals surface area contributed by atoms with Crippen molar-refractivity contribution in [3.8, 4) is 5.75 Å². The lowest BCUT2D eigenvalue weighted by molar-refractivity contribution is -0.118. The van der Waals surface area contributed by atoms with Crippen molar-refractivity contribution in [1.82, 2.24) is 25.1 Å². The zero-order valence-electron chi connectivity index (χ0n) is 15.4. The molecule has 1 aliphatic heterocycles. The summed E-state index contributed by atoms with van der Waals surface area (Å²) in [6, 6.07) is 0.440. The van der Waals surface area contributed by atoms with Gasteiger partial charge in [0.2, 0.25) is 5.82 Å². The van der Waals surface area contributed by atoms with Gasteiger partial charge in [-0.2, -0.15) is 5.10 Å². The molecule has 0 saturated carbocycles. The summed E-state index contributed by atoms with van der Waals surface area (Å²) < 4.78 is 34.2. The molecule has 29 heavy (non-hydrogen) atoms. The maximum Gasteiger partial charge on any atom is 0.289 e. The summed E-state index contributed by atoms with van der Waals surface area (Å²) in [6.45, 7) is 3.52. The smallest absolute Gasteiger partial charge is 0.289 e. The first kappa shape index (κ1) is 18.7. The van der Waals surface area contributed by atoms with Gasteiger partial charge in [0, 0.05) is 24.4 Å². The van der Waals surface area contributed by atoms with E-state index in [0.29, 0.717) is 17.1 Å². The highest BCUT2D eigenvalue weighted by atomic mass is 19.1. The molecule has 0 fully saturated rings. The van der Waals surface area contributed by atoms with E-state index in [9.17, 15) is 18.4 Å². The number of rotatable bonds is 3. The van der Waals surface area contributed by atoms with Crippen LogP contribution in [0.1, 0.15) is 30.5 Å². The number of fused-ring (bicyclic) bond motifs is 2. The molecule has 2 aromatic heterocycles. The quantitative estimate of drug-likeness (QED) is 0.691. The highest BCUT2D eigenvalue weighted by molar-refractivity contribution is 6.01. The van der Waals surface area contributed by atoms with Gasteiger partial charge in [-0.25, -0.2) is 23.4 Å². The van der Waals surface area contributed by atoms with Gasteiger partial charge in [-0.05, 0) is 13.8 Å². The first-order valence-corrected chi connectivity index (χ1v) is 8.77. The second-order valence-electron chi connectivity index (χ2n) is 6.74. The van der Waals surface area contributed by atoms with Crippen LogP contribution in [0.25, 0.3) is 11.0 Å². The Morgan fingerprint density at radius 2 is 2.14 bits per heavy atom. The molecule has 0 spiro atoms. The number of amides is 2. The van der Waals surface area contributed by atoms with Crippen LogP contribution >= 0.6 is 0 Å². The maximum atomic E-state index is 13.9. The molecule has 150 valence electrons. The van der Waals surface area contributed by atoms with Crippen LogP contribution in [0.5, 0.6) is 5.75 Å². The molecule has 0 saturated heterocycles. The van der Waals surface area contributed by atoms with Crippen LogP contribution in [-0.4, -0.2) is 44.2 Å². The number of benzene rings is 1. The molecule has 0 radical (unpaired) electrons. The van der Waals surface area contributed by atoms with E-state index in [1.165, 1.54) is 6.20 Å². The Morgan fingerprint density at radius 3 is 2.90 bits per heavy atom. The lowest BCUT2D eigenvalue weighted by Crippen LogP contribution is -2.46. The lowest BCUT2D eigenvalue weighted by atomic mass is 10.2. The molecule has 0 bridgehead atoms. The van der Waals surface area contributed by atoms with E-state index in [4.69, 9.17) is 4.74 Å². The molecule has 3 heterocycles. The van der Waals surface area contributed by atoms with Crippen molar-refractivity contribution in [2.24, 2.45) is 0 Å². The molecule has 9 nitrogen and oxygen atoms in total. The third-order valence-electron chi connectivity index (χ3n) is 4.32. The van der Waals surface area contributed by atoms with Gasteiger partial charge in [0.05, 0.1) is 11.6 Å². The molecule has 3 aromatic rings. The van der Waals surface area contributed by atoms with Crippen molar-refractivity contribution in [2.45, 2.75) is 25.9 Å². The highest BCUT2D eigenvalue weighted by Crippen LogP contribution is 2.31. The molecule has 2 N–H and O–H groups in total. The molecular weight excluding hydrogens is 386 g/mol. The SMILES string of the molecule is CC(C)n1ncc2cnc(C(=O)N[C@H]3COc4cc(F)cc(F)c4NC3=O)nc21. The summed E-state index contributed by atoms with van der Waals surface area (Å²) >= 11 is 0. The van der Waals surface area contributed by atoms with Gasteiger partial charge in [-0.15, -0.1) is 0 Å². The summed E-state index contributed by atoms with van der Waals surface area (Å²) in [5.41, 5.74) is 0.193. The summed E-state index contributed by atoms with van der Waals surface area (Å²) in [4.78, 5) is 33.2.